The third kappa shape index (κ3) is 2.85. The highest BCUT2D eigenvalue weighted by Crippen LogP contribution is 2.37. The van der Waals surface area contributed by atoms with E-state index >= 15 is 0 Å². The number of benzene rings is 1. The van der Waals surface area contributed by atoms with Crippen LogP contribution in [0.1, 0.15) is 13.8 Å². The summed E-state index contributed by atoms with van der Waals surface area (Å²) in [7, 11) is 0. The molecule has 0 saturated carbocycles. The molecule has 0 aliphatic carbocycles. The fourth-order valence-electron chi connectivity index (χ4n) is 1.74. The fourth-order valence-corrected chi connectivity index (χ4v) is 1.94. The molecule has 0 saturated heterocycles. The van der Waals surface area contributed by atoms with E-state index in [-0.39, 0.29) is 22.6 Å². The summed E-state index contributed by atoms with van der Waals surface area (Å²) >= 11 is 5.80. The van der Waals surface area contributed by atoms with E-state index in [1.807, 2.05) is 13.8 Å². The molecule has 1 aromatic heterocycles. The number of hydrogen-bond donors (Lipinski definition) is 0. The second-order valence-corrected chi connectivity index (χ2v) is 4.64. The smallest absolute Gasteiger partial charge is 0.332 e. The molecule has 7 heteroatoms. The number of nitro groups is 1. The molecular formula is C13H12ClN3O3. The van der Waals surface area contributed by atoms with Crippen LogP contribution in [0.2, 0.25) is 5.15 Å². The average Bonchev–Trinajstić information content (AvgIpc) is 2.38. The maximum Gasteiger partial charge on any atom is 0.332 e. The Balaban J connectivity index is 2.63. The van der Waals surface area contributed by atoms with Crippen LogP contribution in [0.25, 0.3) is 11.3 Å². The molecule has 6 nitrogen and oxygen atoms in total. The highest BCUT2D eigenvalue weighted by atomic mass is 35.5. The van der Waals surface area contributed by atoms with Gasteiger partial charge in [0.1, 0.15) is 12.1 Å². The number of halogens is 1. The molecule has 0 N–H and O–H groups in total. The van der Waals surface area contributed by atoms with Crippen LogP contribution in [-0.4, -0.2) is 21.0 Å². The van der Waals surface area contributed by atoms with Gasteiger partial charge in [0.2, 0.25) is 5.15 Å². The predicted octanol–water partition coefficient (Wildman–Crippen LogP) is 3.49. The minimum absolute atomic E-state index is 0.0625. The molecule has 0 spiro atoms. The summed E-state index contributed by atoms with van der Waals surface area (Å²) in [6.07, 6.45) is 1.13. The summed E-state index contributed by atoms with van der Waals surface area (Å²) in [5, 5.41) is 11.0. The Morgan fingerprint density at radius 3 is 2.65 bits per heavy atom. The molecule has 2 rings (SSSR count). The lowest BCUT2D eigenvalue weighted by molar-refractivity contribution is -0.384. The van der Waals surface area contributed by atoms with Gasteiger partial charge < -0.3 is 4.74 Å². The zero-order valence-corrected chi connectivity index (χ0v) is 11.7. The number of nitrogens with zero attached hydrogens (tertiary/aromatic N) is 3. The minimum atomic E-state index is -0.593. The van der Waals surface area contributed by atoms with E-state index in [9.17, 15) is 10.1 Å². The average molecular weight is 294 g/mol. The fraction of sp³-hybridized carbons (Fsp3) is 0.231. The summed E-state index contributed by atoms with van der Waals surface area (Å²) in [6, 6.07) is 6.97. The zero-order valence-electron chi connectivity index (χ0n) is 10.9. The van der Waals surface area contributed by atoms with Crippen LogP contribution < -0.4 is 4.74 Å². The second kappa shape index (κ2) is 5.83. The largest absolute Gasteiger partial charge is 0.490 e. The minimum Gasteiger partial charge on any atom is -0.490 e. The molecule has 0 fully saturated rings. The maximum atomic E-state index is 11.1. The second-order valence-electron chi connectivity index (χ2n) is 4.28. The van der Waals surface area contributed by atoms with Gasteiger partial charge in [0.05, 0.1) is 11.0 Å². The zero-order chi connectivity index (χ0) is 14.7. The van der Waals surface area contributed by atoms with Crippen molar-refractivity contribution in [1.29, 1.82) is 0 Å². The van der Waals surface area contributed by atoms with Crippen molar-refractivity contribution in [3.8, 4) is 17.0 Å². The van der Waals surface area contributed by atoms with Crippen molar-refractivity contribution in [1.82, 2.24) is 9.97 Å². The van der Waals surface area contributed by atoms with Crippen LogP contribution in [0, 0.1) is 10.1 Å². The lowest BCUT2D eigenvalue weighted by Gasteiger charge is -2.13. The lowest BCUT2D eigenvalue weighted by atomic mass is 10.1. The Hall–Kier alpha value is -2.21. The molecule has 0 unspecified atom stereocenters. The monoisotopic (exact) mass is 293 g/mol. The van der Waals surface area contributed by atoms with Gasteiger partial charge in [-0.2, -0.15) is 0 Å². The summed E-state index contributed by atoms with van der Waals surface area (Å²) in [6.45, 7) is 3.75. The Bertz CT molecular complexity index is 647. The molecule has 0 atom stereocenters. The van der Waals surface area contributed by atoms with E-state index in [4.69, 9.17) is 16.3 Å². The Labute approximate surface area is 120 Å². The molecule has 0 bridgehead atoms. The molecule has 1 heterocycles. The van der Waals surface area contributed by atoms with Crippen LogP contribution in [0.4, 0.5) is 5.69 Å². The predicted molar refractivity (Wildman–Crippen MR) is 74.9 cm³/mol. The van der Waals surface area contributed by atoms with E-state index in [0.29, 0.717) is 11.3 Å². The van der Waals surface area contributed by atoms with Gasteiger partial charge in [-0.3, -0.25) is 10.1 Å². The summed E-state index contributed by atoms with van der Waals surface area (Å²) < 4.78 is 5.65. The van der Waals surface area contributed by atoms with Crippen molar-refractivity contribution in [2.75, 3.05) is 0 Å². The highest BCUT2D eigenvalue weighted by molar-refractivity contribution is 6.31. The van der Waals surface area contributed by atoms with E-state index in [1.54, 1.807) is 24.3 Å². The van der Waals surface area contributed by atoms with Crippen molar-refractivity contribution < 1.29 is 9.66 Å². The highest BCUT2D eigenvalue weighted by Gasteiger charge is 2.24. The third-order valence-electron chi connectivity index (χ3n) is 2.47. The van der Waals surface area contributed by atoms with Gasteiger partial charge in [-0.15, -0.1) is 0 Å². The van der Waals surface area contributed by atoms with Gasteiger partial charge in [-0.1, -0.05) is 23.7 Å². The molecule has 20 heavy (non-hydrogen) atoms. The number of aromatic nitrogens is 2. The van der Waals surface area contributed by atoms with Crippen molar-refractivity contribution in [3.63, 3.8) is 0 Å². The molecule has 0 amide bonds. The quantitative estimate of drug-likeness (QED) is 0.490. The van der Waals surface area contributed by atoms with E-state index in [0.717, 1.165) is 0 Å². The molecule has 0 aliphatic rings. The van der Waals surface area contributed by atoms with Gasteiger partial charge in [-0.05, 0) is 26.0 Å². The van der Waals surface area contributed by atoms with E-state index in [2.05, 4.69) is 9.97 Å². The number of para-hydroxylation sites is 1. The number of ether oxygens (including phenoxy) is 1. The molecule has 0 radical (unpaired) electrons. The normalized spacial score (nSPS) is 10.6. The van der Waals surface area contributed by atoms with Crippen molar-refractivity contribution in [2.45, 2.75) is 20.0 Å². The van der Waals surface area contributed by atoms with Gasteiger partial charge in [0, 0.05) is 5.56 Å². The first kappa shape index (κ1) is 14.2. The van der Waals surface area contributed by atoms with Crippen LogP contribution in [-0.2, 0) is 0 Å². The molecular weight excluding hydrogens is 282 g/mol. The van der Waals surface area contributed by atoms with Crippen LogP contribution in [0.5, 0.6) is 5.75 Å². The SMILES string of the molecule is CC(C)Oc1ccccc1-c1ncnc(Cl)c1[N+](=O)[O-]. The Morgan fingerprint density at radius 1 is 1.30 bits per heavy atom. The molecule has 1 aromatic carbocycles. The summed E-state index contributed by atoms with van der Waals surface area (Å²) in [4.78, 5) is 18.2. The first-order valence-corrected chi connectivity index (χ1v) is 6.29. The number of rotatable bonds is 4. The van der Waals surface area contributed by atoms with Crippen molar-refractivity contribution in [3.05, 3.63) is 45.9 Å². The molecule has 2 aromatic rings. The topological polar surface area (TPSA) is 78.2 Å². The van der Waals surface area contributed by atoms with Crippen molar-refractivity contribution in [2.24, 2.45) is 0 Å². The van der Waals surface area contributed by atoms with E-state index in [1.165, 1.54) is 6.33 Å². The summed E-state index contributed by atoms with van der Waals surface area (Å²) in [5.74, 6) is 0.514. The van der Waals surface area contributed by atoms with Crippen molar-refractivity contribution >= 4 is 17.3 Å². The Morgan fingerprint density at radius 2 is 2.00 bits per heavy atom. The first-order chi connectivity index (χ1) is 9.50. The van der Waals surface area contributed by atoms with E-state index < -0.39 is 4.92 Å². The molecule has 104 valence electrons. The van der Waals surface area contributed by atoms with Gasteiger partial charge in [-0.25, -0.2) is 9.97 Å². The molecule has 0 aliphatic heterocycles. The van der Waals surface area contributed by atoms with Gasteiger partial charge in [0.15, 0.2) is 5.69 Å². The lowest BCUT2D eigenvalue weighted by Crippen LogP contribution is -2.07. The van der Waals surface area contributed by atoms with Crippen LogP contribution >= 0.6 is 11.6 Å². The third-order valence-corrected chi connectivity index (χ3v) is 2.74. The summed E-state index contributed by atoms with van der Waals surface area (Å²) in [5.41, 5.74) is 0.331. The first-order valence-electron chi connectivity index (χ1n) is 5.91. The van der Waals surface area contributed by atoms with Crippen LogP contribution in [0.15, 0.2) is 30.6 Å². The standard InChI is InChI=1S/C13H12ClN3O3/c1-8(2)20-10-6-4-3-5-9(10)11-12(17(18)19)13(14)16-7-15-11/h3-8H,1-2H3. The van der Waals surface area contributed by atoms with Crippen LogP contribution in [0.3, 0.4) is 0 Å². The van der Waals surface area contributed by atoms with Gasteiger partial charge in [0.25, 0.3) is 0 Å². The number of hydrogen-bond acceptors (Lipinski definition) is 5. The van der Waals surface area contributed by atoms with Gasteiger partial charge >= 0.3 is 5.69 Å². The maximum absolute atomic E-state index is 11.1. The Kier molecular flexibility index (Phi) is 4.14.